The van der Waals surface area contributed by atoms with E-state index >= 15 is 0 Å². The summed E-state index contributed by atoms with van der Waals surface area (Å²) >= 11 is 1.81. The molecule has 236 valence electrons. The lowest BCUT2D eigenvalue weighted by molar-refractivity contribution is -0.163. The van der Waals surface area contributed by atoms with Gasteiger partial charge in [-0.2, -0.15) is 5.06 Å². The van der Waals surface area contributed by atoms with Gasteiger partial charge < -0.3 is 10.1 Å². The van der Waals surface area contributed by atoms with Gasteiger partial charge in [-0.15, -0.1) is 11.3 Å². The number of carbonyl (C=O) groups excluding carboxylic acids is 1. The number of amides is 2. The standard InChI is InChI=1S/C41H38N2O3S/c44-41(42-27-28-9-2-1-3-10-28)43(46-40-15-6-7-24-45-40)33-13-8-12-31(26-33)38-22-23-39(47-38)32-18-19-35-30(25-32)17-21-36-34-14-5-4-11-29(34)16-20-37(35)36/h1-5,8-14,17,21-23,25-26,40H,6-7,15-16,18-20,24,27H2,(H,42,44). The summed E-state index contributed by atoms with van der Waals surface area (Å²) in [5, 5.41) is 4.40. The molecule has 1 N–H and O–H groups in total. The maximum absolute atomic E-state index is 13.5. The predicted octanol–water partition coefficient (Wildman–Crippen LogP) is 9.84. The van der Waals surface area contributed by atoms with Crippen LogP contribution < -0.4 is 10.4 Å². The van der Waals surface area contributed by atoms with Gasteiger partial charge in [-0.1, -0.05) is 84.9 Å². The number of hydrogen-bond acceptors (Lipinski definition) is 4. The number of nitrogens with zero attached hydrogens (tertiary/aromatic N) is 1. The SMILES string of the molecule is O=C(NCc1ccccc1)N(OC1CCCCO1)c1cccc(-c2ccc(C3=Cc4ccc5c(c4CC3)CCc3ccccc3-5)s2)c1. The number of urea groups is 1. The van der Waals surface area contributed by atoms with Crippen LogP contribution in [0.1, 0.15) is 58.4 Å². The van der Waals surface area contributed by atoms with Gasteiger partial charge in [0.2, 0.25) is 0 Å². The van der Waals surface area contributed by atoms with Gasteiger partial charge in [0.1, 0.15) is 0 Å². The van der Waals surface area contributed by atoms with E-state index in [1.165, 1.54) is 43.3 Å². The number of allylic oxidation sites excluding steroid dienone is 1. The van der Waals surface area contributed by atoms with Crippen molar-refractivity contribution < 1.29 is 14.4 Å². The van der Waals surface area contributed by atoms with Crippen LogP contribution in [0.15, 0.2) is 103 Å². The van der Waals surface area contributed by atoms with Crippen LogP contribution >= 0.6 is 11.3 Å². The minimum atomic E-state index is -0.454. The summed E-state index contributed by atoms with van der Waals surface area (Å²) < 4.78 is 5.85. The van der Waals surface area contributed by atoms with E-state index in [-0.39, 0.29) is 6.03 Å². The normalized spacial score (nSPS) is 16.8. The predicted molar refractivity (Wildman–Crippen MR) is 191 cm³/mol. The molecule has 0 bridgehead atoms. The van der Waals surface area contributed by atoms with E-state index in [2.05, 4.69) is 66.0 Å². The van der Waals surface area contributed by atoms with Gasteiger partial charge in [0.15, 0.2) is 6.29 Å². The van der Waals surface area contributed by atoms with Crippen LogP contribution in [-0.2, 0) is 35.4 Å². The minimum absolute atomic E-state index is 0.316. The molecule has 5 nitrogen and oxygen atoms in total. The van der Waals surface area contributed by atoms with Crippen LogP contribution in [0.5, 0.6) is 0 Å². The molecule has 1 atom stereocenters. The quantitative estimate of drug-likeness (QED) is 0.181. The number of fused-ring (bicyclic) bond motifs is 5. The van der Waals surface area contributed by atoms with Crippen LogP contribution in [-0.4, -0.2) is 18.9 Å². The Morgan fingerprint density at radius 2 is 1.66 bits per heavy atom. The molecule has 1 unspecified atom stereocenters. The number of nitrogens with one attached hydrogen (secondary N) is 1. The van der Waals surface area contributed by atoms with Crippen molar-refractivity contribution in [3.05, 3.63) is 136 Å². The Balaban J connectivity index is 1.04. The number of hydrogen-bond donors (Lipinski definition) is 1. The van der Waals surface area contributed by atoms with E-state index in [4.69, 9.17) is 9.57 Å². The van der Waals surface area contributed by atoms with E-state index in [0.29, 0.717) is 18.8 Å². The van der Waals surface area contributed by atoms with Crippen molar-refractivity contribution in [3.8, 4) is 21.6 Å². The molecule has 5 aromatic rings. The van der Waals surface area contributed by atoms with Gasteiger partial charge in [0.05, 0.1) is 5.69 Å². The monoisotopic (exact) mass is 638 g/mol. The highest BCUT2D eigenvalue weighted by Crippen LogP contribution is 2.42. The summed E-state index contributed by atoms with van der Waals surface area (Å²) in [4.78, 5) is 22.2. The summed E-state index contributed by atoms with van der Waals surface area (Å²) in [7, 11) is 0. The third-order valence-corrected chi connectivity index (χ3v) is 10.7. The molecule has 8 rings (SSSR count). The van der Waals surface area contributed by atoms with E-state index in [9.17, 15) is 4.79 Å². The van der Waals surface area contributed by atoms with Gasteiger partial charge in [-0.25, -0.2) is 9.63 Å². The maximum Gasteiger partial charge on any atom is 0.346 e. The molecule has 0 radical (unpaired) electrons. The van der Waals surface area contributed by atoms with E-state index < -0.39 is 6.29 Å². The molecule has 0 spiro atoms. The minimum Gasteiger partial charge on any atom is -0.350 e. The number of anilines is 1. The van der Waals surface area contributed by atoms with Crippen molar-refractivity contribution in [3.63, 3.8) is 0 Å². The zero-order valence-electron chi connectivity index (χ0n) is 26.4. The maximum atomic E-state index is 13.5. The lowest BCUT2D eigenvalue weighted by Crippen LogP contribution is -2.43. The molecular weight excluding hydrogens is 601 g/mol. The molecule has 6 heteroatoms. The molecule has 1 saturated heterocycles. The van der Waals surface area contributed by atoms with Gasteiger partial charge in [0, 0.05) is 29.3 Å². The molecule has 47 heavy (non-hydrogen) atoms. The second-order valence-corrected chi connectivity index (χ2v) is 13.6. The summed E-state index contributed by atoms with van der Waals surface area (Å²) in [5.74, 6) is 0. The van der Waals surface area contributed by atoms with Gasteiger partial charge in [-0.3, -0.25) is 0 Å². The van der Waals surface area contributed by atoms with Crippen molar-refractivity contribution in [2.75, 3.05) is 11.7 Å². The van der Waals surface area contributed by atoms with E-state index in [1.54, 1.807) is 16.9 Å². The topological polar surface area (TPSA) is 50.8 Å². The Bertz CT molecular complexity index is 1940. The third-order valence-electron chi connectivity index (χ3n) is 9.51. The Labute approximate surface area is 280 Å². The molecule has 1 aliphatic heterocycles. The highest BCUT2D eigenvalue weighted by atomic mass is 32.1. The zero-order chi connectivity index (χ0) is 31.6. The molecule has 0 saturated carbocycles. The number of carbonyl (C=O) groups is 1. The Hall–Kier alpha value is -4.49. The molecule has 2 amide bonds. The van der Waals surface area contributed by atoms with Crippen LogP contribution in [0, 0.1) is 0 Å². The first kappa shape index (κ1) is 29.9. The third kappa shape index (κ3) is 6.29. The fourth-order valence-corrected chi connectivity index (χ4v) is 8.13. The lowest BCUT2D eigenvalue weighted by atomic mass is 9.78. The number of ether oxygens (including phenoxy) is 1. The first-order valence-corrected chi connectivity index (χ1v) is 17.6. The van der Waals surface area contributed by atoms with Gasteiger partial charge in [-0.05, 0) is 113 Å². The largest absolute Gasteiger partial charge is 0.350 e. The second-order valence-electron chi connectivity index (χ2n) is 12.5. The van der Waals surface area contributed by atoms with Crippen molar-refractivity contribution in [2.45, 2.75) is 57.8 Å². The van der Waals surface area contributed by atoms with Crippen LogP contribution in [0.2, 0.25) is 0 Å². The molecule has 2 aliphatic carbocycles. The molecule has 3 aliphatic rings. The van der Waals surface area contributed by atoms with Crippen LogP contribution in [0.3, 0.4) is 0 Å². The van der Waals surface area contributed by atoms with E-state index in [1.807, 2.05) is 48.5 Å². The fraction of sp³-hybridized carbons (Fsp3) is 0.244. The smallest absolute Gasteiger partial charge is 0.346 e. The van der Waals surface area contributed by atoms with Crippen LogP contribution in [0.4, 0.5) is 10.5 Å². The number of rotatable bonds is 7. The van der Waals surface area contributed by atoms with E-state index in [0.717, 1.165) is 60.9 Å². The second kappa shape index (κ2) is 13.3. The first-order valence-electron chi connectivity index (χ1n) is 16.7. The molecule has 4 aromatic carbocycles. The van der Waals surface area contributed by atoms with Gasteiger partial charge in [0.25, 0.3) is 0 Å². The Morgan fingerprint density at radius 1 is 0.809 bits per heavy atom. The Kier molecular flexibility index (Phi) is 8.47. The number of hydroxylamine groups is 1. The average Bonchev–Trinajstić information content (AvgIpc) is 3.64. The first-order chi connectivity index (χ1) is 23.2. The van der Waals surface area contributed by atoms with Crippen molar-refractivity contribution in [1.29, 1.82) is 0 Å². The number of aryl methyl sites for hydroxylation is 1. The lowest BCUT2D eigenvalue weighted by Gasteiger charge is -2.29. The summed E-state index contributed by atoms with van der Waals surface area (Å²) in [6.07, 6.45) is 9.08. The van der Waals surface area contributed by atoms with Crippen molar-refractivity contribution in [1.82, 2.24) is 5.32 Å². The highest BCUT2D eigenvalue weighted by molar-refractivity contribution is 7.16. The van der Waals surface area contributed by atoms with Crippen molar-refractivity contribution in [2.24, 2.45) is 0 Å². The zero-order valence-corrected chi connectivity index (χ0v) is 27.2. The highest BCUT2D eigenvalue weighted by Gasteiger charge is 2.26. The van der Waals surface area contributed by atoms with Crippen molar-refractivity contribution >= 4 is 34.7 Å². The molecule has 1 fully saturated rings. The fourth-order valence-electron chi connectivity index (χ4n) is 7.09. The average molecular weight is 639 g/mol. The summed E-state index contributed by atoms with van der Waals surface area (Å²) in [5.41, 5.74) is 12.9. The molecule has 2 heterocycles. The molecular formula is C41H38N2O3S. The number of thiophene rings is 1. The van der Waals surface area contributed by atoms with Gasteiger partial charge >= 0.3 is 6.03 Å². The molecule has 1 aromatic heterocycles. The summed E-state index contributed by atoms with van der Waals surface area (Å²) in [6, 6.07) is 35.6. The van der Waals surface area contributed by atoms with Crippen LogP contribution in [0.25, 0.3) is 33.2 Å². The Morgan fingerprint density at radius 3 is 2.55 bits per heavy atom. The summed E-state index contributed by atoms with van der Waals surface area (Å²) in [6.45, 7) is 1.05. The number of benzene rings is 4.